The minimum absolute atomic E-state index is 0.140. The van der Waals surface area contributed by atoms with Gasteiger partial charge in [0.2, 0.25) is 5.91 Å². The summed E-state index contributed by atoms with van der Waals surface area (Å²) >= 11 is 1.59. The standard InChI is InChI=1S/C18H21N7OS/c1-11-19-8-14(27-11)7-17(26)23(2)13-9-24(10-13)16-6-5-15-20-21-18(12-3-4-12)25(15)22-16/h5-6,8,12-13H,3-4,7,9-10H2,1-2H3. The maximum Gasteiger partial charge on any atom is 0.228 e. The highest BCUT2D eigenvalue weighted by Gasteiger charge is 2.34. The molecule has 3 aromatic heterocycles. The first kappa shape index (κ1) is 16.6. The molecule has 0 N–H and O–H groups in total. The predicted molar refractivity (Wildman–Crippen MR) is 102 cm³/mol. The molecule has 2 aliphatic rings. The van der Waals surface area contributed by atoms with Crippen molar-refractivity contribution in [1.29, 1.82) is 0 Å². The van der Waals surface area contributed by atoms with Crippen LogP contribution in [0.15, 0.2) is 18.3 Å². The van der Waals surface area contributed by atoms with Gasteiger partial charge in [0.1, 0.15) is 5.82 Å². The van der Waals surface area contributed by atoms with Crippen LogP contribution in [0.5, 0.6) is 0 Å². The Kier molecular flexibility index (Phi) is 3.85. The average molecular weight is 383 g/mol. The first-order valence-corrected chi connectivity index (χ1v) is 10.0. The minimum Gasteiger partial charge on any atom is -0.351 e. The lowest BCUT2D eigenvalue weighted by Crippen LogP contribution is -2.60. The molecule has 1 aliphatic heterocycles. The molecule has 1 aliphatic carbocycles. The van der Waals surface area contributed by atoms with Crippen LogP contribution in [-0.2, 0) is 11.2 Å². The van der Waals surface area contributed by atoms with Crippen molar-refractivity contribution in [1.82, 2.24) is 29.7 Å². The lowest BCUT2D eigenvalue weighted by Gasteiger charge is -2.44. The summed E-state index contributed by atoms with van der Waals surface area (Å²) < 4.78 is 1.88. The highest BCUT2D eigenvalue weighted by atomic mass is 32.1. The maximum atomic E-state index is 12.5. The number of thiazole rings is 1. The molecule has 5 rings (SSSR count). The van der Waals surface area contributed by atoms with Crippen molar-refractivity contribution in [2.75, 3.05) is 25.0 Å². The van der Waals surface area contributed by atoms with E-state index in [4.69, 9.17) is 5.10 Å². The van der Waals surface area contributed by atoms with E-state index in [2.05, 4.69) is 20.1 Å². The second-order valence-electron chi connectivity index (χ2n) is 7.38. The van der Waals surface area contributed by atoms with Crippen molar-refractivity contribution >= 4 is 28.7 Å². The highest BCUT2D eigenvalue weighted by Crippen LogP contribution is 2.38. The summed E-state index contributed by atoms with van der Waals surface area (Å²) in [6, 6.07) is 4.17. The van der Waals surface area contributed by atoms with Gasteiger partial charge in [-0.2, -0.15) is 4.52 Å². The van der Waals surface area contributed by atoms with Gasteiger partial charge < -0.3 is 9.80 Å². The van der Waals surface area contributed by atoms with Crippen LogP contribution in [0.1, 0.15) is 34.5 Å². The molecule has 0 bridgehead atoms. The molecule has 8 nitrogen and oxygen atoms in total. The first-order chi connectivity index (χ1) is 13.1. The van der Waals surface area contributed by atoms with Crippen molar-refractivity contribution in [3.8, 4) is 0 Å². The van der Waals surface area contributed by atoms with Crippen molar-refractivity contribution in [3.05, 3.63) is 34.0 Å². The van der Waals surface area contributed by atoms with Crippen molar-refractivity contribution in [3.63, 3.8) is 0 Å². The molecule has 4 heterocycles. The molecule has 1 saturated carbocycles. The number of carbonyl (C=O) groups excluding carboxylic acids is 1. The number of likely N-dealkylation sites (N-methyl/N-ethyl adjacent to an activating group) is 1. The van der Waals surface area contributed by atoms with E-state index in [-0.39, 0.29) is 11.9 Å². The SMILES string of the molecule is Cc1ncc(CC(=O)N(C)C2CN(c3ccc4nnc(C5CC5)n4n3)C2)s1. The van der Waals surface area contributed by atoms with Gasteiger partial charge in [-0.05, 0) is 31.9 Å². The molecule has 3 aromatic rings. The zero-order chi connectivity index (χ0) is 18.5. The Balaban J connectivity index is 1.24. The van der Waals surface area contributed by atoms with E-state index < -0.39 is 0 Å². The molecule has 9 heteroatoms. The number of aryl methyl sites for hydroxylation is 1. The third-order valence-electron chi connectivity index (χ3n) is 5.34. The van der Waals surface area contributed by atoms with Crippen LogP contribution in [0.2, 0.25) is 0 Å². The quantitative estimate of drug-likeness (QED) is 0.667. The van der Waals surface area contributed by atoms with Gasteiger partial charge in [-0.3, -0.25) is 4.79 Å². The lowest BCUT2D eigenvalue weighted by molar-refractivity contribution is -0.131. The summed E-state index contributed by atoms with van der Waals surface area (Å²) in [6.45, 7) is 3.55. The zero-order valence-corrected chi connectivity index (χ0v) is 16.2. The number of carbonyl (C=O) groups is 1. The van der Waals surface area contributed by atoms with E-state index in [9.17, 15) is 4.79 Å². The number of fused-ring (bicyclic) bond motifs is 1. The Morgan fingerprint density at radius 3 is 2.81 bits per heavy atom. The van der Waals surface area contributed by atoms with Gasteiger partial charge in [-0.1, -0.05) is 0 Å². The number of rotatable bonds is 5. The number of hydrogen-bond acceptors (Lipinski definition) is 7. The monoisotopic (exact) mass is 383 g/mol. The number of nitrogens with zero attached hydrogens (tertiary/aromatic N) is 7. The molecule has 1 saturated heterocycles. The Morgan fingerprint density at radius 2 is 2.11 bits per heavy atom. The fraction of sp³-hybridized carbons (Fsp3) is 0.500. The fourth-order valence-electron chi connectivity index (χ4n) is 3.41. The molecule has 0 unspecified atom stereocenters. The normalized spacial score (nSPS) is 17.3. The van der Waals surface area contributed by atoms with Crippen LogP contribution < -0.4 is 4.90 Å². The molecule has 1 amide bonds. The van der Waals surface area contributed by atoms with E-state index in [0.717, 1.165) is 40.3 Å². The number of amides is 1. The molecule has 0 aromatic carbocycles. The molecule has 27 heavy (non-hydrogen) atoms. The number of hydrogen-bond donors (Lipinski definition) is 0. The van der Waals surface area contributed by atoms with Gasteiger partial charge in [0.25, 0.3) is 0 Å². The van der Waals surface area contributed by atoms with Gasteiger partial charge in [-0.25, -0.2) is 4.98 Å². The molecular formula is C18H21N7OS. The zero-order valence-electron chi connectivity index (χ0n) is 15.4. The third kappa shape index (κ3) is 3.05. The maximum absolute atomic E-state index is 12.5. The summed E-state index contributed by atoms with van der Waals surface area (Å²) in [5, 5.41) is 14.2. The Labute approximate surface area is 160 Å². The van der Waals surface area contributed by atoms with Crippen LogP contribution >= 0.6 is 11.3 Å². The minimum atomic E-state index is 0.140. The second kappa shape index (κ2) is 6.26. The van der Waals surface area contributed by atoms with Gasteiger partial charge in [0.05, 0.1) is 17.5 Å². The lowest BCUT2D eigenvalue weighted by atomic mass is 10.1. The predicted octanol–water partition coefficient (Wildman–Crippen LogP) is 1.66. The topological polar surface area (TPSA) is 79.5 Å². The van der Waals surface area contributed by atoms with Crippen LogP contribution in [0.4, 0.5) is 5.82 Å². The van der Waals surface area contributed by atoms with E-state index in [1.54, 1.807) is 17.5 Å². The van der Waals surface area contributed by atoms with Crippen LogP contribution in [0, 0.1) is 6.92 Å². The van der Waals surface area contributed by atoms with E-state index in [1.165, 1.54) is 12.8 Å². The van der Waals surface area contributed by atoms with E-state index in [1.807, 2.05) is 35.5 Å². The fourth-order valence-corrected chi connectivity index (χ4v) is 4.20. The van der Waals surface area contributed by atoms with Crippen molar-refractivity contribution in [2.45, 2.75) is 38.1 Å². The Bertz CT molecular complexity index is 1000. The van der Waals surface area contributed by atoms with Crippen LogP contribution in [-0.4, -0.2) is 61.8 Å². The van der Waals surface area contributed by atoms with Gasteiger partial charge in [-0.15, -0.1) is 26.6 Å². The van der Waals surface area contributed by atoms with Crippen LogP contribution in [0.25, 0.3) is 5.65 Å². The molecular weight excluding hydrogens is 362 g/mol. The number of aromatic nitrogens is 5. The first-order valence-electron chi connectivity index (χ1n) is 9.23. The smallest absolute Gasteiger partial charge is 0.228 e. The van der Waals surface area contributed by atoms with E-state index >= 15 is 0 Å². The summed E-state index contributed by atoms with van der Waals surface area (Å²) in [6.07, 6.45) is 4.57. The van der Waals surface area contributed by atoms with Crippen molar-refractivity contribution < 1.29 is 4.79 Å². The Morgan fingerprint density at radius 1 is 1.30 bits per heavy atom. The summed E-state index contributed by atoms with van der Waals surface area (Å²) in [5.41, 5.74) is 0.796. The Hall–Kier alpha value is -2.55. The van der Waals surface area contributed by atoms with Gasteiger partial charge >= 0.3 is 0 Å². The average Bonchev–Trinajstić information content (AvgIpc) is 3.24. The molecule has 0 spiro atoms. The highest BCUT2D eigenvalue weighted by molar-refractivity contribution is 7.11. The van der Waals surface area contributed by atoms with E-state index in [0.29, 0.717) is 12.3 Å². The summed E-state index contributed by atoms with van der Waals surface area (Å²) in [4.78, 5) is 21.8. The molecule has 0 radical (unpaired) electrons. The number of anilines is 1. The molecule has 2 fully saturated rings. The third-order valence-corrected chi connectivity index (χ3v) is 6.25. The van der Waals surface area contributed by atoms with Gasteiger partial charge in [0, 0.05) is 37.1 Å². The summed E-state index contributed by atoms with van der Waals surface area (Å²) in [7, 11) is 1.89. The van der Waals surface area contributed by atoms with Crippen LogP contribution in [0.3, 0.4) is 0 Å². The van der Waals surface area contributed by atoms with Crippen molar-refractivity contribution in [2.24, 2.45) is 0 Å². The summed E-state index contributed by atoms with van der Waals surface area (Å²) in [5.74, 6) is 2.53. The molecule has 0 atom stereocenters. The van der Waals surface area contributed by atoms with Gasteiger partial charge in [0.15, 0.2) is 11.5 Å². The molecule has 140 valence electrons. The second-order valence-corrected chi connectivity index (χ2v) is 8.70. The largest absolute Gasteiger partial charge is 0.351 e.